The van der Waals surface area contributed by atoms with Crippen LogP contribution < -0.4 is 4.72 Å². The highest BCUT2D eigenvalue weighted by Gasteiger charge is 2.16. The molecular formula is C13H15N5O2S2. The molecule has 2 aromatic heterocycles. The molecule has 0 atom stereocenters. The van der Waals surface area contributed by atoms with Crippen molar-refractivity contribution in [1.29, 1.82) is 0 Å². The number of rotatable bonds is 5. The van der Waals surface area contributed by atoms with Crippen LogP contribution in [0.4, 0.5) is 0 Å². The quantitative estimate of drug-likeness (QED) is 0.758. The maximum atomic E-state index is 12.3. The molecule has 9 heteroatoms. The minimum absolute atomic E-state index is 0.291. The van der Waals surface area contributed by atoms with Crippen molar-refractivity contribution in [2.24, 2.45) is 0 Å². The van der Waals surface area contributed by atoms with Crippen LogP contribution in [0.25, 0.3) is 4.96 Å². The standard InChI is InChI=1S/C13H15N5O2S2/c1-9-3-4-11(10(2)7-9)22(19,20)15-6-5-12-17-18-8-14-16-13(18)21-12/h3-4,7-8,15H,5-6H2,1-2H3. The second-order valence-corrected chi connectivity index (χ2v) is 7.75. The maximum Gasteiger partial charge on any atom is 0.240 e. The van der Waals surface area contributed by atoms with Crippen molar-refractivity contribution in [2.45, 2.75) is 25.2 Å². The summed E-state index contributed by atoms with van der Waals surface area (Å²) in [6.45, 7) is 4.02. The van der Waals surface area contributed by atoms with Gasteiger partial charge >= 0.3 is 0 Å². The van der Waals surface area contributed by atoms with Gasteiger partial charge in [0.1, 0.15) is 11.3 Å². The van der Waals surface area contributed by atoms with Crippen LogP contribution in [0, 0.1) is 13.8 Å². The van der Waals surface area contributed by atoms with Crippen LogP contribution in [0.2, 0.25) is 0 Å². The Bertz CT molecular complexity index is 885. The van der Waals surface area contributed by atoms with E-state index in [0.717, 1.165) is 16.1 Å². The molecule has 0 unspecified atom stereocenters. The minimum atomic E-state index is -3.50. The Morgan fingerprint density at radius 1 is 1.32 bits per heavy atom. The van der Waals surface area contributed by atoms with Gasteiger partial charge in [-0.15, -0.1) is 10.2 Å². The Labute approximate surface area is 132 Å². The lowest BCUT2D eigenvalue weighted by atomic mass is 10.2. The lowest BCUT2D eigenvalue weighted by Gasteiger charge is -2.09. The summed E-state index contributed by atoms with van der Waals surface area (Å²) in [6.07, 6.45) is 2.04. The van der Waals surface area contributed by atoms with Gasteiger partial charge in [0.05, 0.1) is 4.90 Å². The Kier molecular flexibility index (Phi) is 3.94. The highest BCUT2D eigenvalue weighted by atomic mass is 32.2. The number of hydrogen-bond acceptors (Lipinski definition) is 6. The lowest BCUT2D eigenvalue weighted by Crippen LogP contribution is -2.26. The zero-order chi connectivity index (χ0) is 15.7. The Hall–Kier alpha value is -1.84. The first-order valence-corrected chi connectivity index (χ1v) is 8.98. The van der Waals surface area contributed by atoms with Crippen LogP contribution in [0.5, 0.6) is 0 Å². The summed E-state index contributed by atoms with van der Waals surface area (Å²) in [5, 5.41) is 12.7. The summed E-state index contributed by atoms with van der Waals surface area (Å²) in [5.41, 5.74) is 1.78. The summed E-state index contributed by atoms with van der Waals surface area (Å²) < 4.78 is 28.8. The molecule has 7 nitrogen and oxygen atoms in total. The molecule has 0 saturated heterocycles. The van der Waals surface area contributed by atoms with E-state index >= 15 is 0 Å². The van der Waals surface area contributed by atoms with Gasteiger partial charge in [0.2, 0.25) is 15.0 Å². The van der Waals surface area contributed by atoms with E-state index in [2.05, 4.69) is 20.0 Å². The molecule has 1 aromatic carbocycles. The fourth-order valence-electron chi connectivity index (χ4n) is 2.17. The van der Waals surface area contributed by atoms with Gasteiger partial charge in [-0.25, -0.2) is 13.1 Å². The molecule has 0 aliphatic carbocycles. The number of aromatic nitrogens is 4. The van der Waals surface area contributed by atoms with E-state index in [1.165, 1.54) is 17.7 Å². The third kappa shape index (κ3) is 3.01. The first-order valence-electron chi connectivity index (χ1n) is 6.68. The van der Waals surface area contributed by atoms with E-state index in [9.17, 15) is 8.42 Å². The SMILES string of the molecule is Cc1ccc(S(=O)(=O)NCCc2nn3cnnc3s2)c(C)c1. The average Bonchev–Trinajstić information content (AvgIpc) is 2.98. The zero-order valence-electron chi connectivity index (χ0n) is 12.1. The normalized spacial score (nSPS) is 12.1. The monoisotopic (exact) mass is 337 g/mol. The van der Waals surface area contributed by atoms with Crippen molar-refractivity contribution in [3.05, 3.63) is 40.7 Å². The van der Waals surface area contributed by atoms with Gasteiger partial charge in [-0.2, -0.15) is 9.61 Å². The molecule has 3 rings (SSSR count). The molecule has 0 spiro atoms. The van der Waals surface area contributed by atoms with Gasteiger partial charge in [-0.1, -0.05) is 29.0 Å². The van der Waals surface area contributed by atoms with Crippen molar-refractivity contribution >= 4 is 26.3 Å². The van der Waals surface area contributed by atoms with Gasteiger partial charge in [0, 0.05) is 13.0 Å². The Balaban J connectivity index is 1.68. The zero-order valence-corrected chi connectivity index (χ0v) is 13.8. The molecule has 0 bridgehead atoms. The largest absolute Gasteiger partial charge is 0.240 e. The van der Waals surface area contributed by atoms with Gasteiger partial charge in [-0.05, 0) is 25.5 Å². The van der Waals surface area contributed by atoms with Crippen molar-refractivity contribution in [3.8, 4) is 0 Å². The van der Waals surface area contributed by atoms with Crippen LogP contribution in [0.15, 0.2) is 29.4 Å². The summed E-state index contributed by atoms with van der Waals surface area (Å²) in [6, 6.07) is 5.29. The molecule has 2 heterocycles. The summed E-state index contributed by atoms with van der Waals surface area (Å²) in [5.74, 6) is 0. The molecular weight excluding hydrogens is 322 g/mol. The fraction of sp³-hybridized carbons (Fsp3) is 0.308. The van der Waals surface area contributed by atoms with Crippen molar-refractivity contribution in [1.82, 2.24) is 24.5 Å². The molecule has 0 aliphatic rings. The molecule has 0 fully saturated rings. The van der Waals surface area contributed by atoms with Crippen LogP contribution in [-0.2, 0) is 16.4 Å². The number of fused-ring (bicyclic) bond motifs is 1. The van der Waals surface area contributed by atoms with E-state index in [-0.39, 0.29) is 0 Å². The Morgan fingerprint density at radius 3 is 2.86 bits per heavy atom. The molecule has 0 amide bonds. The topological polar surface area (TPSA) is 89.2 Å². The van der Waals surface area contributed by atoms with Crippen molar-refractivity contribution in [2.75, 3.05) is 6.54 Å². The molecule has 116 valence electrons. The summed E-state index contributed by atoms with van der Waals surface area (Å²) >= 11 is 1.40. The third-order valence-corrected chi connectivity index (χ3v) is 5.77. The Morgan fingerprint density at radius 2 is 2.14 bits per heavy atom. The van der Waals surface area contributed by atoms with Gasteiger partial charge in [0.15, 0.2) is 0 Å². The van der Waals surface area contributed by atoms with E-state index in [4.69, 9.17) is 0 Å². The summed E-state index contributed by atoms with van der Waals surface area (Å²) in [4.78, 5) is 1.02. The van der Waals surface area contributed by atoms with Gasteiger partial charge < -0.3 is 0 Å². The molecule has 22 heavy (non-hydrogen) atoms. The smallest absolute Gasteiger partial charge is 0.211 e. The number of aryl methyl sites for hydroxylation is 2. The van der Waals surface area contributed by atoms with E-state index < -0.39 is 10.0 Å². The fourth-order valence-corrected chi connectivity index (χ4v) is 4.24. The highest BCUT2D eigenvalue weighted by molar-refractivity contribution is 7.89. The van der Waals surface area contributed by atoms with Crippen LogP contribution in [0.3, 0.4) is 0 Å². The number of sulfonamides is 1. The first-order chi connectivity index (χ1) is 10.5. The van der Waals surface area contributed by atoms with Crippen LogP contribution in [-0.4, -0.2) is 34.8 Å². The minimum Gasteiger partial charge on any atom is -0.211 e. The van der Waals surface area contributed by atoms with Crippen LogP contribution in [0.1, 0.15) is 16.1 Å². The second-order valence-electron chi connectivity index (χ2n) is 4.97. The highest BCUT2D eigenvalue weighted by Crippen LogP contribution is 2.16. The first kappa shape index (κ1) is 15.1. The predicted molar refractivity (Wildman–Crippen MR) is 83.5 cm³/mol. The number of hydrogen-bond donors (Lipinski definition) is 1. The van der Waals surface area contributed by atoms with Gasteiger partial charge in [0.25, 0.3) is 0 Å². The van der Waals surface area contributed by atoms with Crippen molar-refractivity contribution < 1.29 is 8.42 Å². The van der Waals surface area contributed by atoms with Crippen LogP contribution >= 0.6 is 11.3 Å². The number of nitrogens with one attached hydrogen (secondary N) is 1. The molecule has 0 saturated carbocycles. The summed E-state index contributed by atoms with van der Waals surface area (Å²) in [7, 11) is -3.50. The number of nitrogens with zero attached hydrogens (tertiary/aromatic N) is 4. The molecule has 3 aromatic rings. The van der Waals surface area contributed by atoms with E-state index in [0.29, 0.717) is 22.8 Å². The maximum absolute atomic E-state index is 12.3. The molecule has 0 aliphatic heterocycles. The molecule has 1 N–H and O–H groups in total. The van der Waals surface area contributed by atoms with Crippen molar-refractivity contribution in [3.63, 3.8) is 0 Å². The molecule has 0 radical (unpaired) electrons. The lowest BCUT2D eigenvalue weighted by molar-refractivity contribution is 0.580. The predicted octanol–water partition coefficient (Wildman–Crippen LogP) is 1.32. The van der Waals surface area contributed by atoms with E-state index in [1.54, 1.807) is 23.6 Å². The number of benzene rings is 1. The third-order valence-electron chi connectivity index (χ3n) is 3.18. The van der Waals surface area contributed by atoms with Gasteiger partial charge in [-0.3, -0.25) is 0 Å². The van der Waals surface area contributed by atoms with E-state index in [1.807, 2.05) is 13.0 Å². The average molecular weight is 337 g/mol. The second kappa shape index (κ2) is 5.75.